The Kier molecular flexibility index (Phi) is 33.1. The van der Waals surface area contributed by atoms with Crippen LogP contribution in [0.15, 0.2) is 24.3 Å². The van der Waals surface area contributed by atoms with Gasteiger partial charge in [0.1, 0.15) is 0 Å². The summed E-state index contributed by atoms with van der Waals surface area (Å²) in [6.45, 7) is 4.00. The fraction of sp³-hybridized carbons (Fsp3) is 0.865. The summed E-state index contributed by atoms with van der Waals surface area (Å²) >= 11 is 0. The van der Waals surface area contributed by atoms with Gasteiger partial charge in [0, 0.05) is 13.0 Å². The van der Waals surface area contributed by atoms with Crippen LogP contribution in [0.25, 0.3) is 0 Å². The molecule has 5 N–H and O–H groups in total. The largest absolute Gasteiger partial charge is 0.472 e. The van der Waals surface area contributed by atoms with E-state index in [0.717, 1.165) is 44.9 Å². The molecule has 0 heterocycles. The van der Waals surface area contributed by atoms with Crippen molar-refractivity contribution in [2.45, 2.75) is 187 Å². The van der Waals surface area contributed by atoms with E-state index in [2.05, 4.69) is 31.3 Å². The summed E-state index contributed by atoms with van der Waals surface area (Å²) in [6.07, 6.45) is 36.9. The molecule has 46 heavy (non-hydrogen) atoms. The highest BCUT2D eigenvalue weighted by molar-refractivity contribution is 7.47. The van der Waals surface area contributed by atoms with Crippen LogP contribution in [0.3, 0.4) is 0 Å². The Morgan fingerprint density at radius 3 is 1.63 bits per heavy atom. The van der Waals surface area contributed by atoms with Gasteiger partial charge >= 0.3 is 7.82 Å². The van der Waals surface area contributed by atoms with Crippen molar-refractivity contribution in [3.8, 4) is 0 Å². The first-order valence-corrected chi connectivity index (χ1v) is 20.5. The third kappa shape index (κ3) is 31.6. The molecule has 0 saturated carbocycles. The van der Waals surface area contributed by atoms with Gasteiger partial charge in [0.25, 0.3) is 0 Å². The minimum atomic E-state index is -4.33. The molecule has 1 amide bonds. The van der Waals surface area contributed by atoms with Crippen LogP contribution < -0.4 is 11.1 Å². The summed E-state index contributed by atoms with van der Waals surface area (Å²) in [4.78, 5) is 22.5. The molecule has 3 unspecified atom stereocenters. The molecule has 9 heteroatoms. The molecule has 0 aliphatic carbocycles. The first-order chi connectivity index (χ1) is 22.4. The molecule has 0 aromatic heterocycles. The number of hydrogen-bond acceptors (Lipinski definition) is 6. The number of amides is 1. The second-order valence-corrected chi connectivity index (χ2v) is 14.2. The number of phosphoric ester groups is 1. The van der Waals surface area contributed by atoms with Crippen LogP contribution in [-0.2, 0) is 18.4 Å². The lowest BCUT2D eigenvalue weighted by Crippen LogP contribution is -2.45. The summed E-state index contributed by atoms with van der Waals surface area (Å²) in [6, 6.07) is -0.869. The van der Waals surface area contributed by atoms with Gasteiger partial charge in [-0.1, -0.05) is 167 Å². The third-order valence-electron chi connectivity index (χ3n) is 8.26. The van der Waals surface area contributed by atoms with Crippen LogP contribution in [0.4, 0.5) is 0 Å². The van der Waals surface area contributed by atoms with Gasteiger partial charge in [0.05, 0.1) is 25.4 Å². The molecule has 272 valence electrons. The molecule has 0 aliphatic heterocycles. The predicted molar refractivity (Wildman–Crippen MR) is 194 cm³/mol. The first kappa shape index (κ1) is 45.0. The van der Waals surface area contributed by atoms with Gasteiger partial charge in [-0.3, -0.25) is 13.8 Å². The summed E-state index contributed by atoms with van der Waals surface area (Å²) in [5.41, 5.74) is 5.33. The van der Waals surface area contributed by atoms with Crippen LogP contribution >= 0.6 is 7.82 Å². The van der Waals surface area contributed by atoms with Gasteiger partial charge in [-0.15, -0.1) is 0 Å². The number of phosphoric acid groups is 1. The molecule has 0 fully saturated rings. The van der Waals surface area contributed by atoms with E-state index in [1.807, 2.05) is 6.08 Å². The maximum Gasteiger partial charge on any atom is 0.472 e. The number of aliphatic hydroxyl groups is 1. The van der Waals surface area contributed by atoms with Crippen molar-refractivity contribution in [1.82, 2.24) is 5.32 Å². The van der Waals surface area contributed by atoms with E-state index in [9.17, 15) is 19.4 Å². The van der Waals surface area contributed by atoms with Crippen molar-refractivity contribution < 1.29 is 28.4 Å². The van der Waals surface area contributed by atoms with Gasteiger partial charge in [0.2, 0.25) is 5.91 Å². The lowest BCUT2D eigenvalue weighted by Gasteiger charge is -2.23. The smallest absolute Gasteiger partial charge is 0.387 e. The normalized spacial score (nSPS) is 14.6. The highest BCUT2D eigenvalue weighted by atomic mass is 31.2. The topological polar surface area (TPSA) is 131 Å². The van der Waals surface area contributed by atoms with Crippen molar-refractivity contribution in [3.05, 3.63) is 24.3 Å². The second-order valence-electron chi connectivity index (χ2n) is 12.8. The van der Waals surface area contributed by atoms with E-state index in [1.165, 1.54) is 109 Å². The van der Waals surface area contributed by atoms with Crippen LogP contribution in [0.1, 0.15) is 174 Å². The van der Waals surface area contributed by atoms with Crippen LogP contribution in [-0.4, -0.2) is 47.8 Å². The molecule has 3 atom stereocenters. The number of unbranched alkanes of at least 4 members (excludes halogenated alkanes) is 21. The summed E-state index contributed by atoms with van der Waals surface area (Å²) in [5.74, 6) is -0.207. The number of carbonyl (C=O) groups is 1. The standard InChI is InChI=1S/C37H73N2O6P/c1-3-5-7-9-11-12-13-14-15-16-17-18-19-20-21-22-23-25-27-29-31-37(41)39-35(34-45-46(42,43)44-33-32-38)36(40)30-28-26-24-10-8-6-4-2/h8,10,28,30,35-36,40H,3-7,9,11-27,29,31-34,38H2,1-2H3,(H,39,41)(H,42,43)/b10-8+,30-28+. The first-order valence-electron chi connectivity index (χ1n) is 19.0. The molecular formula is C37H73N2O6P. The highest BCUT2D eigenvalue weighted by Gasteiger charge is 2.26. The Morgan fingerprint density at radius 2 is 1.15 bits per heavy atom. The number of carbonyl (C=O) groups excluding carboxylic acids is 1. The van der Waals surface area contributed by atoms with Gasteiger partial charge in [0.15, 0.2) is 0 Å². The molecule has 0 rings (SSSR count). The number of hydrogen-bond donors (Lipinski definition) is 4. The number of aliphatic hydroxyl groups excluding tert-OH is 1. The van der Waals surface area contributed by atoms with Gasteiger partial charge in [-0.05, 0) is 25.7 Å². The van der Waals surface area contributed by atoms with Crippen molar-refractivity contribution in [2.75, 3.05) is 19.8 Å². The van der Waals surface area contributed by atoms with E-state index in [-0.39, 0.29) is 25.7 Å². The molecule has 0 radical (unpaired) electrons. The molecule has 0 aromatic carbocycles. The number of rotatable bonds is 35. The lowest BCUT2D eigenvalue weighted by molar-refractivity contribution is -0.123. The zero-order valence-corrected chi connectivity index (χ0v) is 30.7. The molecular weight excluding hydrogens is 599 g/mol. The van der Waals surface area contributed by atoms with Crippen molar-refractivity contribution >= 4 is 13.7 Å². The number of nitrogens with two attached hydrogens (primary N) is 1. The van der Waals surface area contributed by atoms with Crippen LogP contribution in [0.2, 0.25) is 0 Å². The maximum absolute atomic E-state index is 12.6. The van der Waals surface area contributed by atoms with E-state index in [0.29, 0.717) is 6.42 Å². The predicted octanol–water partition coefficient (Wildman–Crippen LogP) is 9.83. The molecule has 0 aliphatic rings. The molecule has 0 bridgehead atoms. The average molecular weight is 673 g/mol. The van der Waals surface area contributed by atoms with Crippen LogP contribution in [0, 0.1) is 0 Å². The molecule has 0 spiro atoms. The number of allylic oxidation sites excluding steroid dienone is 3. The zero-order valence-electron chi connectivity index (χ0n) is 29.8. The monoisotopic (exact) mass is 673 g/mol. The Labute approximate surface area is 283 Å². The van der Waals surface area contributed by atoms with Crippen molar-refractivity contribution in [3.63, 3.8) is 0 Å². The number of nitrogens with one attached hydrogen (secondary N) is 1. The van der Waals surface area contributed by atoms with Gasteiger partial charge in [-0.25, -0.2) is 4.57 Å². The van der Waals surface area contributed by atoms with E-state index in [1.54, 1.807) is 6.08 Å². The molecule has 8 nitrogen and oxygen atoms in total. The lowest BCUT2D eigenvalue weighted by atomic mass is 10.0. The summed E-state index contributed by atoms with van der Waals surface area (Å²) in [5, 5.41) is 13.5. The second kappa shape index (κ2) is 33.9. The maximum atomic E-state index is 12.6. The molecule has 0 saturated heterocycles. The Morgan fingerprint density at radius 1 is 0.696 bits per heavy atom. The van der Waals surface area contributed by atoms with E-state index < -0.39 is 20.0 Å². The Hall–Kier alpha value is -1.02. The van der Waals surface area contributed by atoms with Crippen molar-refractivity contribution in [1.29, 1.82) is 0 Å². The summed E-state index contributed by atoms with van der Waals surface area (Å²) in [7, 11) is -4.33. The quantitative estimate of drug-likeness (QED) is 0.0299. The SMILES string of the molecule is CCC/C=C/CC/C=C/C(O)C(COP(=O)(O)OCCN)NC(=O)CCCCCCCCCCCCCCCCCCCCCC. The van der Waals surface area contributed by atoms with E-state index >= 15 is 0 Å². The van der Waals surface area contributed by atoms with E-state index in [4.69, 9.17) is 14.8 Å². The highest BCUT2D eigenvalue weighted by Crippen LogP contribution is 2.43. The average Bonchev–Trinajstić information content (AvgIpc) is 3.04. The van der Waals surface area contributed by atoms with Gasteiger partial charge in [-0.2, -0.15) is 0 Å². The van der Waals surface area contributed by atoms with Gasteiger partial charge < -0.3 is 21.1 Å². The van der Waals surface area contributed by atoms with Crippen molar-refractivity contribution in [2.24, 2.45) is 5.73 Å². The fourth-order valence-corrected chi connectivity index (χ4v) is 6.15. The minimum Gasteiger partial charge on any atom is -0.387 e. The molecule has 0 aromatic rings. The minimum absolute atomic E-state index is 0.0750. The summed E-state index contributed by atoms with van der Waals surface area (Å²) < 4.78 is 21.9. The fourth-order valence-electron chi connectivity index (χ4n) is 5.39. The zero-order chi connectivity index (χ0) is 34.0. The van der Waals surface area contributed by atoms with Crippen LogP contribution in [0.5, 0.6) is 0 Å². The third-order valence-corrected chi connectivity index (χ3v) is 9.25. The Bertz CT molecular complexity index is 779. The Balaban J connectivity index is 4.06.